The van der Waals surface area contributed by atoms with Gasteiger partial charge in [0.15, 0.2) is 0 Å². The number of hydrogen-bond donors (Lipinski definition) is 0. The maximum atomic E-state index is 11.5. The van der Waals surface area contributed by atoms with Crippen LogP contribution in [0.1, 0.15) is 6.92 Å². The number of hydrogen-bond acceptors (Lipinski definition) is 7. The number of amides is 1. The molecule has 3 aromatic heterocycles. The molecule has 132 valence electrons. The van der Waals surface area contributed by atoms with Gasteiger partial charge in [-0.3, -0.25) is 14.8 Å². The SMILES string of the molecule is CC(=O)N1CCN(c2ncc(-c3cnccn3)c(-c3cccs3)n2)CC1. The Morgan fingerprint density at radius 1 is 1.12 bits per heavy atom. The first-order valence-corrected chi connectivity index (χ1v) is 9.28. The summed E-state index contributed by atoms with van der Waals surface area (Å²) >= 11 is 1.63. The van der Waals surface area contributed by atoms with Crippen molar-refractivity contribution in [3.05, 3.63) is 42.3 Å². The summed E-state index contributed by atoms with van der Waals surface area (Å²) in [4.78, 5) is 34.5. The van der Waals surface area contributed by atoms with Gasteiger partial charge in [0.05, 0.1) is 22.5 Å². The zero-order valence-electron chi connectivity index (χ0n) is 14.4. The molecule has 26 heavy (non-hydrogen) atoms. The zero-order valence-corrected chi connectivity index (χ0v) is 15.2. The highest BCUT2D eigenvalue weighted by atomic mass is 32.1. The van der Waals surface area contributed by atoms with E-state index in [9.17, 15) is 4.79 Å². The van der Waals surface area contributed by atoms with E-state index in [-0.39, 0.29) is 5.91 Å². The van der Waals surface area contributed by atoms with Gasteiger partial charge in [-0.1, -0.05) is 6.07 Å². The summed E-state index contributed by atoms with van der Waals surface area (Å²) in [6, 6.07) is 4.05. The van der Waals surface area contributed by atoms with E-state index in [0.29, 0.717) is 19.0 Å². The Morgan fingerprint density at radius 3 is 2.62 bits per heavy atom. The molecule has 0 atom stereocenters. The highest BCUT2D eigenvalue weighted by Crippen LogP contribution is 2.32. The van der Waals surface area contributed by atoms with Crippen LogP contribution in [-0.2, 0) is 4.79 Å². The van der Waals surface area contributed by atoms with Gasteiger partial charge in [-0.15, -0.1) is 11.3 Å². The van der Waals surface area contributed by atoms with E-state index in [0.717, 1.165) is 34.9 Å². The quantitative estimate of drug-likeness (QED) is 0.708. The molecule has 0 aliphatic carbocycles. The molecule has 0 unspecified atom stereocenters. The van der Waals surface area contributed by atoms with Crippen molar-refractivity contribution in [2.24, 2.45) is 0 Å². The van der Waals surface area contributed by atoms with Crippen LogP contribution in [0.15, 0.2) is 42.3 Å². The minimum absolute atomic E-state index is 0.114. The van der Waals surface area contributed by atoms with Gasteiger partial charge in [0.1, 0.15) is 0 Å². The van der Waals surface area contributed by atoms with Crippen molar-refractivity contribution in [2.45, 2.75) is 6.92 Å². The summed E-state index contributed by atoms with van der Waals surface area (Å²) in [5, 5.41) is 2.03. The summed E-state index contributed by atoms with van der Waals surface area (Å²) in [7, 11) is 0. The van der Waals surface area contributed by atoms with Crippen molar-refractivity contribution in [2.75, 3.05) is 31.1 Å². The molecule has 7 nitrogen and oxygen atoms in total. The van der Waals surface area contributed by atoms with Gasteiger partial charge in [-0.2, -0.15) is 0 Å². The molecule has 4 rings (SSSR count). The molecule has 0 spiro atoms. The maximum absolute atomic E-state index is 11.5. The van der Waals surface area contributed by atoms with Crippen LogP contribution < -0.4 is 4.90 Å². The van der Waals surface area contributed by atoms with Crippen molar-refractivity contribution in [3.8, 4) is 21.8 Å². The molecule has 1 aliphatic rings. The number of carbonyl (C=O) groups is 1. The van der Waals surface area contributed by atoms with E-state index in [1.807, 2.05) is 28.6 Å². The monoisotopic (exact) mass is 366 g/mol. The van der Waals surface area contributed by atoms with E-state index < -0.39 is 0 Å². The first-order valence-electron chi connectivity index (χ1n) is 8.40. The highest BCUT2D eigenvalue weighted by Gasteiger charge is 2.22. The van der Waals surface area contributed by atoms with Crippen LogP contribution in [0.3, 0.4) is 0 Å². The van der Waals surface area contributed by atoms with Gasteiger partial charge in [0, 0.05) is 57.3 Å². The van der Waals surface area contributed by atoms with Crippen LogP contribution in [-0.4, -0.2) is 56.9 Å². The average Bonchev–Trinajstić information content (AvgIpc) is 3.23. The zero-order chi connectivity index (χ0) is 17.9. The first kappa shape index (κ1) is 16.6. The molecular formula is C18H18N6OS. The minimum atomic E-state index is 0.114. The molecular weight excluding hydrogens is 348 g/mol. The Balaban J connectivity index is 1.68. The minimum Gasteiger partial charge on any atom is -0.339 e. The van der Waals surface area contributed by atoms with Crippen LogP contribution >= 0.6 is 11.3 Å². The van der Waals surface area contributed by atoms with Gasteiger partial charge in [0.2, 0.25) is 11.9 Å². The van der Waals surface area contributed by atoms with Crippen molar-refractivity contribution < 1.29 is 4.79 Å². The number of nitrogens with zero attached hydrogens (tertiary/aromatic N) is 6. The summed E-state index contributed by atoms with van der Waals surface area (Å²) < 4.78 is 0. The molecule has 0 saturated carbocycles. The Labute approximate surface area is 155 Å². The fourth-order valence-corrected chi connectivity index (χ4v) is 3.70. The van der Waals surface area contributed by atoms with Crippen molar-refractivity contribution >= 4 is 23.2 Å². The van der Waals surface area contributed by atoms with Crippen LogP contribution in [0.5, 0.6) is 0 Å². The number of anilines is 1. The normalized spacial score (nSPS) is 14.5. The fraction of sp³-hybridized carbons (Fsp3) is 0.278. The van der Waals surface area contributed by atoms with E-state index in [4.69, 9.17) is 4.98 Å². The van der Waals surface area contributed by atoms with E-state index in [1.165, 1.54) is 0 Å². The third-order valence-corrected chi connectivity index (χ3v) is 5.25. The number of rotatable bonds is 3. The second-order valence-corrected chi connectivity index (χ2v) is 6.94. The fourth-order valence-electron chi connectivity index (χ4n) is 2.97. The second-order valence-electron chi connectivity index (χ2n) is 5.99. The highest BCUT2D eigenvalue weighted by molar-refractivity contribution is 7.13. The number of piperazine rings is 1. The Hall–Kier alpha value is -2.87. The third kappa shape index (κ3) is 3.28. The van der Waals surface area contributed by atoms with Crippen LogP contribution in [0, 0.1) is 0 Å². The molecule has 0 N–H and O–H groups in total. The number of aromatic nitrogens is 4. The summed E-state index contributed by atoms with van der Waals surface area (Å²) in [5.41, 5.74) is 2.48. The lowest BCUT2D eigenvalue weighted by atomic mass is 10.1. The molecule has 1 amide bonds. The summed E-state index contributed by atoms with van der Waals surface area (Å²) in [6.45, 7) is 4.45. The van der Waals surface area contributed by atoms with E-state index in [2.05, 4.69) is 19.9 Å². The molecule has 8 heteroatoms. The lowest BCUT2D eigenvalue weighted by Crippen LogP contribution is -2.48. The Kier molecular flexibility index (Phi) is 4.57. The molecule has 0 aromatic carbocycles. The predicted molar refractivity (Wildman–Crippen MR) is 101 cm³/mol. The molecule has 4 heterocycles. The van der Waals surface area contributed by atoms with Gasteiger partial charge in [0.25, 0.3) is 0 Å². The summed E-state index contributed by atoms with van der Waals surface area (Å²) in [6.07, 6.45) is 6.86. The largest absolute Gasteiger partial charge is 0.339 e. The maximum Gasteiger partial charge on any atom is 0.226 e. The second kappa shape index (κ2) is 7.17. The Morgan fingerprint density at radius 2 is 1.96 bits per heavy atom. The molecule has 1 fully saturated rings. The number of carbonyl (C=O) groups excluding carboxylic acids is 1. The van der Waals surface area contributed by atoms with Crippen molar-refractivity contribution in [1.29, 1.82) is 0 Å². The van der Waals surface area contributed by atoms with Crippen molar-refractivity contribution in [1.82, 2.24) is 24.8 Å². The topological polar surface area (TPSA) is 75.1 Å². The van der Waals surface area contributed by atoms with Gasteiger partial charge >= 0.3 is 0 Å². The average molecular weight is 366 g/mol. The lowest BCUT2D eigenvalue weighted by molar-refractivity contribution is -0.129. The molecule has 3 aromatic rings. The molecule has 0 radical (unpaired) electrons. The smallest absolute Gasteiger partial charge is 0.226 e. The Bertz CT molecular complexity index is 891. The van der Waals surface area contributed by atoms with E-state index >= 15 is 0 Å². The van der Waals surface area contributed by atoms with Crippen LogP contribution in [0.25, 0.3) is 21.8 Å². The molecule has 0 bridgehead atoms. The van der Waals surface area contributed by atoms with Crippen LogP contribution in [0.4, 0.5) is 5.95 Å². The molecule has 1 saturated heterocycles. The summed E-state index contributed by atoms with van der Waals surface area (Å²) in [5.74, 6) is 0.798. The third-order valence-electron chi connectivity index (χ3n) is 4.38. The van der Waals surface area contributed by atoms with Gasteiger partial charge < -0.3 is 9.80 Å². The van der Waals surface area contributed by atoms with Gasteiger partial charge in [-0.05, 0) is 11.4 Å². The predicted octanol–water partition coefficient (Wildman–Crippen LogP) is 2.33. The van der Waals surface area contributed by atoms with Gasteiger partial charge in [-0.25, -0.2) is 9.97 Å². The standard InChI is InChI=1S/C18H18N6OS/c1-13(25)23-6-8-24(9-7-23)18-21-11-14(15-12-19-4-5-20-15)17(22-18)16-3-2-10-26-16/h2-5,10-12H,6-9H2,1H3. The first-order chi connectivity index (χ1) is 12.7. The van der Waals surface area contributed by atoms with Crippen LogP contribution in [0.2, 0.25) is 0 Å². The van der Waals surface area contributed by atoms with Crippen molar-refractivity contribution in [3.63, 3.8) is 0 Å². The lowest BCUT2D eigenvalue weighted by Gasteiger charge is -2.34. The molecule has 1 aliphatic heterocycles. The number of thiophene rings is 1. The van der Waals surface area contributed by atoms with E-state index in [1.54, 1.807) is 36.9 Å².